The van der Waals surface area contributed by atoms with Crippen LogP contribution in [0, 0.1) is 0 Å². The summed E-state index contributed by atoms with van der Waals surface area (Å²) in [6.07, 6.45) is 9.66. The molecule has 0 radical (unpaired) electrons. The first-order valence-corrected chi connectivity index (χ1v) is 12.2. The van der Waals surface area contributed by atoms with Crippen LogP contribution < -0.4 is 10.2 Å². The molecule has 0 atom stereocenters. The highest BCUT2D eigenvalue weighted by atomic mass is 35.5. The number of hydrogen-bond acceptors (Lipinski definition) is 6. The number of fused-ring (bicyclic) bond motifs is 1. The van der Waals surface area contributed by atoms with Gasteiger partial charge in [0.2, 0.25) is 5.95 Å². The summed E-state index contributed by atoms with van der Waals surface area (Å²) in [5, 5.41) is 4.90. The molecule has 0 aliphatic carbocycles. The second kappa shape index (κ2) is 12.1. The number of anilines is 1. The van der Waals surface area contributed by atoms with E-state index in [2.05, 4.69) is 30.1 Å². The first kappa shape index (κ1) is 25.0. The predicted octanol–water partition coefficient (Wildman–Crippen LogP) is 4.14. The second-order valence-corrected chi connectivity index (χ2v) is 8.97. The molecule has 4 rings (SSSR count). The average Bonchev–Trinajstić information content (AvgIpc) is 3.26. The number of piperazine rings is 1. The zero-order valence-corrected chi connectivity index (χ0v) is 21.0. The zero-order chi connectivity index (χ0) is 24.6. The Balaban J connectivity index is 1.20. The van der Waals surface area contributed by atoms with Crippen molar-refractivity contribution in [1.82, 2.24) is 25.2 Å². The zero-order valence-electron chi connectivity index (χ0n) is 19.5. The summed E-state index contributed by atoms with van der Waals surface area (Å²) < 4.78 is 5.27. The highest BCUT2D eigenvalue weighted by Gasteiger charge is 2.18. The van der Waals surface area contributed by atoms with Gasteiger partial charge < -0.3 is 19.9 Å². The molecule has 1 amide bonds. The van der Waals surface area contributed by atoms with Crippen LogP contribution in [0.1, 0.15) is 12.1 Å². The molecule has 184 valence electrons. The summed E-state index contributed by atoms with van der Waals surface area (Å²) in [7, 11) is 1.49. The third-order valence-corrected chi connectivity index (χ3v) is 6.52. The summed E-state index contributed by atoms with van der Waals surface area (Å²) in [6.45, 7) is 5.20. The van der Waals surface area contributed by atoms with Gasteiger partial charge in [0.05, 0.1) is 17.2 Å². The molecule has 2 N–H and O–H groups in total. The SMILES string of the molecule is CO/C(=C\C=C\c1cc2cc(Cl)c(Cl)cc2[nH]1)C(=O)NCCCN1CCN(c2ncccn2)CC1. The largest absolute Gasteiger partial charge is 0.491 e. The quantitative estimate of drug-likeness (QED) is 0.193. The summed E-state index contributed by atoms with van der Waals surface area (Å²) in [4.78, 5) is 28.9. The van der Waals surface area contributed by atoms with E-state index < -0.39 is 0 Å². The summed E-state index contributed by atoms with van der Waals surface area (Å²) >= 11 is 12.2. The van der Waals surface area contributed by atoms with Crippen LogP contribution in [0.15, 0.2) is 54.6 Å². The predicted molar refractivity (Wildman–Crippen MR) is 141 cm³/mol. The van der Waals surface area contributed by atoms with E-state index in [1.165, 1.54) is 7.11 Å². The monoisotopic (exact) mass is 514 g/mol. The van der Waals surface area contributed by atoms with Crippen LogP contribution in [0.5, 0.6) is 0 Å². The fourth-order valence-corrected chi connectivity index (χ4v) is 4.27. The van der Waals surface area contributed by atoms with Crippen LogP contribution in [0.2, 0.25) is 10.0 Å². The lowest BCUT2D eigenvalue weighted by Crippen LogP contribution is -2.47. The van der Waals surface area contributed by atoms with E-state index >= 15 is 0 Å². The number of aromatic amines is 1. The maximum Gasteiger partial charge on any atom is 0.286 e. The first-order chi connectivity index (χ1) is 17.0. The molecule has 1 fully saturated rings. The summed E-state index contributed by atoms with van der Waals surface area (Å²) in [5.74, 6) is 0.795. The van der Waals surface area contributed by atoms with Gasteiger partial charge in [-0.2, -0.15) is 0 Å². The number of nitrogens with zero attached hydrogens (tertiary/aromatic N) is 4. The molecule has 0 bridgehead atoms. The van der Waals surface area contributed by atoms with Gasteiger partial charge >= 0.3 is 0 Å². The van der Waals surface area contributed by atoms with Crippen molar-refractivity contribution in [3.8, 4) is 0 Å². The number of ether oxygens (including phenoxy) is 1. The number of nitrogens with one attached hydrogen (secondary N) is 2. The molecule has 8 nitrogen and oxygen atoms in total. The number of allylic oxidation sites excluding steroid dienone is 2. The van der Waals surface area contributed by atoms with Gasteiger partial charge in [0, 0.05) is 61.7 Å². The Kier molecular flexibility index (Phi) is 8.63. The maximum absolute atomic E-state index is 12.5. The van der Waals surface area contributed by atoms with Crippen molar-refractivity contribution in [2.24, 2.45) is 0 Å². The van der Waals surface area contributed by atoms with Crippen LogP contribution in [0.25, 0.3) is 17.0 Å². The smallest absolute Gasteiger partial charge is 0.286 e. The molecule has 3 aromatic rings. The van der Waals surface area contributed by atoms with Crippen molar-refractivity contribution in [2.45, 2.75) is 6.42 Å². The number of aromatic nitrogens is 3. The van der Waals surface area contributed by atoms with Crippen molar-refractivity contribution in [1.29, 1.82) is 0 Å². The minimum Gasteiger partial charge on any atom is -0.491 e. The number of carbonyl (C=O) groups excluding carboxylic acids is 1. The van der Waals surface area contributed by atoms with Crippen LogP contribution >= 0.6 is 23.2 Å². The van der Waals surface area contributed by atoms with Gasteiger partial charge in [-0.25, -0.2) is 9.97 Å². The van der Waals surface area contributed by atoms with Gasteiger partial charge in [0.25, 0.3) is 5.91 Å². The van der Waals surface area contributed by atoms with E-state index in [-0.39, 0.29) is 11.7 Å². The van der Waals surface area contributed by atoms with Crippen LogP contribution in [0.3, 0.4) is 0 Å². The van der Waals surface area contributed by atoms with E-state index in [1.54, 1.807) is 30.6 Å². The van der Waals surface area contributed by atoms with Crippen molar-refractivity contribution in [2.75, 3.05) is 51.3 Å². The lowest BCUT2D eigenvalue weighted by molar-refractivity contribution is -0.120. The number of hydrogen-bond donors (Lipinski definition) is 2. The number of carbonyl (C=O) groups is 1. The van der Waals surface area contributed by atoms with Gasteiger partial charge in [-0.3, -0.25) is 9.69 Å². The van der Waals surface area contributed by atoms with E-state index in [0.29, 0.717) is 16.6 Å². The standard InChI is InChI=1S/C25H28Cl2N6O2/c1-35-23(6-2-5-19-15-18-16-20(26)21(27)17-22(18)31-19)24(34)28-9-4-10-32-11-13-33(14-12-32)25-29-7-3-8-30-25/h2-3,5-8,15-17,31H,4,9-14H2,1H3,(H,28,34)/b5-2+,23-6-. The fourth-order valence-electron chi connectivity index (χ4n) is 3.93. The van der Waals surface area contributed by atoms with Crippen molar-refractivity contribution < 1.29 is 9.53 Å². The highest BCUT2D eigenvalue weighted by molar-refractivity contribution is 6.42. The Hall–Kier alpha value is -3.07. The van der Waals surface area contributed by atoms with Crippen molar-refractivity contribution >= 4 is 52.0 Å². The number of benzene rings is 1. The molecular weight excluding hydrogens is 487 g/mol. The Labute approximate surface area is 214 Å². The molecule has 0 unspecified atom stereocenters. The lowest BCUT2D eigenvalue weighted by atomic mass is 10.2. The molecular formula is C25H28Cl2N6O2. The van der Waals surface area contributed by atoms with Crippen LogP contribution in [-0.2, 0) is 9.53 Å². The minimum absolute atomic E-state index is 0.238. The average molecular weight is 515 g/mol. The van der Waals surface area contributed by atoms with Crippen molar-refractivity contribution in [3.63, 3.8) is 0 Å². The van der Waals surface area contributed by atoms with Crippen LogP contribution in [0.4, 0.5) is 5.95 Å². The molecule has 1 saturated heterocycles. The molecule has 1 aliphatic rings. The number of rotatable bonds is 9. The fraction of sp³-hybridized carbons (Fsp3) is 0.320. The molecule has 1 aromatic carbocycles. The van der Waals surface area contributed by atoms with Crippen LogP contribution in [-0.4, -0.2) is 72.1 Å². The molecule has 0 saturated carbocycles. The Morgan fingerprint density at radius 2 is 1.89 bits per heavy atom. The van der Waals surface area contributed by atoms with Gasteiger partial charge in [-0.05, 0) is 49.4 Å². The van der Waals surface area contributed by atoms with Gasteiger partial charge in [-0.1, -0.05) is 29.3 Å². The topological polar surface area (TPSA) is 86.4 Å². The van der Waals surface area contributed by atoms with E-state index in [9.17, 15) is 4.79 Å². The van der Waals surface area contributed by atoms with Crippen molar-refractivity contribution in [3.05, 3.63) is 70.3 Å². The number of amides is 1. The van der Waals surface area contributed by atoms with E-state index in [1.807, 2.05) is 24.3 Å². The first-order valence-electron chi connectivity index (χ1n) is 11.5. The Bertz CT molecular complexity index is 1160. The normalized spacial score (nSPS) is 15.2. The Morgan fingerprint density at radius 1 is 1.14 bits per heavy atom. The van der Waals surface area contributed by atoms with E-state index in [4.69, 9.17) is 27.9 Å². The van der Waals surface area contributed by atoms with E-state index in [0.717, 1.165) is 61.7 Å². The molecule has 3 heterocycles. The Morgan fingerprint density at radius 3 is 2.63 bits per heavy atom. The lowest BCUT2D eigenvalue weighted by Gasteiger charge is -2.34. The minimum atomic E-state index is -0.238. The number of methoxy groups -OCH3 is 1. The van der Waals surface area contributed by atoms with Gasteiger partial charge in [-0.15, -0.1) is 0 Å². The molecule has 0 spiro atoms. The molecule has 1 aliphatic heterocycles. The molecule has 10 heteroatoms. The van der Waals surface area contributed by atoms with Gasteiger partial charge in [0.15, 0.2) is 5.76 Å². The number of halogens is 2. The summed E-state index contributed by atoms with van der Waals surface area (Å²) in [6, 6.07) is 7.39. The molecule has 35 heavy (non-hydrogen) atoms. The highest BCUT2D eigenvalue weighted by Crippen LogP contribution is 2.28. The third kappa shape index (κ3) is 6.75. The van der Waals surface area contributed by atoms with Gasteiger partial charge in [0.1, 0.15) is 0 Å². The summed E-state index contributed by atoms with van der Waals surface area (Å²) in [5.41, 5.74) is 1.76. The molecule has 2 aromatic heterocycles. The number of H-pyrrole nitrogens is 1. The second-order valence-electron chi connectivity index (χ2n) is 8.16. The maximum atomic E-state index is 12.5. The third-order valence-electron chi connectivity index (χ3n) is 5.79.